The third kappa shape index (κ3) is 2.40. The fourth-order valence-corrected chi connectivity index (χ4v) is 3.53. The van der Waals surface area contributed by atoms with Gasteiger partial charge in [-0.2, -0.15) is 0 Å². The molecule has 5 heteroatoms. The average molecular weight is 301 g/mol. The van der Waals surface area contributed by atoms with Crippen LogP contribution >= 0.6 is 0 Å². The molecule has 22 heavy (non-hydrogen) atoms. The van der Waals surface area contributed by atoms with E-state index in [1.54, 1.807) is 24.3 Å². The number of fused-ring (bicyclic) bond motifs is 1. The summed E-state index contributed by atoms with van der Waals surface area (Å²) in [6.07, 6.45) is 3.60. The molecule has 3 rings (SSSR count). The van der Waals surface area contributed by atoms with Crippen molar-refractivity contribution in [3.8, 4) is 0 Å². The van der Waals surface area contributed by atoms with Crippen LogP contribution in [0.4, 0.5) is 0 Å². The number of hydrogen-bond donors (Lipinski definition) is 0. The van der Waals surface area contributed by atoms with Crippen LogP contribution in [0.15, 0.2) is 24.3 Å². The van der Waals surface area contributed by atoms with E-state index in [9.17, 15) is 14.4 Å². The number of amides is 2. The van der Waals surface area contributed by atoms with Gasteiger partial charge in [-0.25, -0.2) is 0 Å². The van der Waals surface area contributed by atoms with Crippen molar-refractivity contribution in [2.24, 2.45) is 11.8 Å². The normalized spacial score (nSPS) is 24.3. The molecule has 2 atom stereocenters. The molecular formula is C17H19NO4. The van der Waals surface area contributed by atoms with Gasteiger partial charge in [0.2, 0.25) is 0 Å². The molecule has 2 aliphatic rings. The predicted octanol–water partition coefficient (Wildman–Crippen LogP) is 2.26. The van der Waals surface area contributed by atoms with E-state index in [-0.39, 0.29) is 29.6 Å². The largest absolute Gasteiger partial charge is 0.469 e. The van der Waals surface area contributed by atoms with Crippen molar-refractivity contribution in [2.75, 3.05) is 13.7 Å². The van der Waals surface area contributed by atoms with Crippen LogP contribution in [0.5, 0.6) is 0 Å². The highest BCUT2D eigenvalue weighted by Gasteiger charge is 2.40. The number of hydrogen-bond acceptors (Lipinski definition) is 4. The maximum Gasteiger partial charge on any atom is 0.309 e. The third-order valence-corrected chi connectivity index (χ3v) is 4.71. The first kappa shape index (κ1) is 14.8. The van der Waals surface area contributed by atoms with E-state index >= 15 is 0 Å². The molecule has 1 aliphatic heterocycles. The molecule has 1 aliphatic carbocycles. The fourth-order valence-electron chi connectivity index (χ4n) is 3.53. The molecule has 1 fully saturated rings. The van der Waals surface area contributed by atoms with Crippen molar-refractivity contribution < 1.29 is 19.1 Å². The summed E-state index contributed by atoms with van der Waals surface area (Å²) >= 11 is 0. The summed E-state index contributed by atoms with van der Waals surface area (Å²) in [6, 6.07) is 6.86. The van der Waals surface area contributed by atoms with E-state index in [1.165, 1.54) is 12.0 Å². The van der Waals surface area contributed by atoms with Crippen molar-refractivity contribution in [2.45, 2.75) is 25.7 Å². The molecule has 2 amide bonds. The maximum absolute atomic E-state index is 12.4. The summed E-state index contributed by atoms with van der Waals surface area (Å²) in [5, 5.41) is 0. The Labute approximate surface area is 129 Å². The maximum atomic E-state index is 12.4. The molecule has 0 bridgehead atoms. The third-order valence-electron chi connectivity index (χ3n) is 4.71. The topological polar surface area (TPSA) is 63.7 Å². The van der Waals surface area contributed by atoms with E-state index in [0.29, 0.717) is 17.7 Å². The van der Waals surface area contributed by atoms with E-state index in [2.05, 4.69) is 0 Å². The molecule has 1 saturated carbocycles. The minimum atomic E-state index is -0.255. The number of ether oxygens (including phenoxy) is 1. The number of imide groups is 1. The van der Waals surface area contributed by atoms with Crippen LogP contribution in [0.3, 0.4) is 0 Å². The number of carbonyl (C=O) groups is 3. The van der Waals surface area contributed by atoms with Gasteiger partial charge in [-0.1, -0.05) is 25.0 Å². The smallest absolute Gasteiger partial charge is 0.309 e. The van der Waals surface area contributed by atoms with Gasteiger partial charge < -0.3 is 4.74 Å². The molecule has 0 N–H and O–H groups in total. The highest BCUT2D eigenvalue weighted by molar-refractivity contribution is 6.21. The minimum Gasteiger partial charge on any atom is -0.469 e. The van der Waals surface area contributed by atoms with E-state index in [4.69, 9.17) is 4.74 Å². The van der Waals surface area contributed by atoms with Gasteiger partial charge >= 0.3 is 5.97 Å². The summed E-state index contributed by atoms with van der Waals surface area (Å²) in [4.78, 5) is 38.0. The number of methoxy groups -OCH3 is 1. The highest BCUT2D eigenvalue weighted by Crippen LogP contribution is 2.33. The Bertz CT molecular complexity index is 590. The monoisotopic (exact) mass is 301 g/mol. The van der Waals surface area contributed by atoms with Gasteiger partial charge in [-0.05, 0) is 30.9 Å². The van der Waals surface area contributed by atoms with Crippen LogP contribution < -0.4 is 0 Å². The van der Waals surface area contributed by atoms with E-state index in [0.717, 1.165) is 25.7 Å². The number of carbonyl (C=O) groups excluding carboxylic acids is 3. The molecule has 0 spiro atoms. The standard InChI is InChI=1S/C17H19NO4/c1-22-17(21)12-7-3-2-6-11(12)10-18-15(19)13-8-4-5-9-14(13)16(18)20/h4-5,8-9,11-12H,2-3,6-7,10H2,1H3. The van der Waals surface area contributed by atoms with E-state index in [1.807, 2.05) is 0 Å². The molecule has 0 radical (unpaired) electrons. The lowest BCUT2D eigenvalue weighted by atomic mass is 9.79. The Morgan fingerprint density at radius 1 is 1.14 bits per heavy atom. The Morgan fingerprint density at radius 3 is 2.32 bits per heavy atom. The zero-order valence-electron chi connectivity index (χ0n) is 12.6. The van der Waals surface area contributed by atoms with Gasteiger partial charge in [0.25, 0.3) is 11.8 Å². The van der Waals surface area contributed by atoms with E-state index < -0.39 is 0 Å². The molecule has 5 nitrogen and oxygen atoms in total. The molecule has 0 saturated heterocycles. The average Bonchev–Trinajstić information content (AvgIpc) is 2.80. The summed E-state index contributed by atoms with van der Waals surface area (Å²) < 4.78 is 4.87. The second-order valence-corrected chi connectivity index (χ2v) is 5.94. The predicted molar refractivity (Wildman–Crippen MR) is 79.3 cm³/mol. The lowest BCUT2D eigenvalue weighted by Gasteiger charge is -2.31. The quantitative estimate of drug-likeness (QED) is 0.634. The summed E-state index contributed by atoms with van der Waals surface area (Å²) in [5.74, 6) is -0.975. The van der Waals surface area contributed by atoms with Crippen LogP contribution in [-0.4, -0.2) is 36.3 Å². The van der Waals surface area contributed by atoms with Crippen LogP contribution in [-0.2, 0) is 9.53 Å². The van der Waals surface area contributed by atoms with Crippen LogP contribution in [0.25, 0.3) is 0 Å². The molecular weight excluding hydrogens is 282 g/mol. The first-order valence-electron chi connectivity index (χ1n) is 7.66. The second kappa shape index (κ2) is 5.91. The van der Waals surface area contributed by atoms with Crippen molar-refractivity contribution >= 4 is 17.8 Å². The second-order valence-electron chi connectivity index (χ2n) is 5.94. The first-order chi connectivity index (χ1) is 10.6. The van der Waals surface area contributed by atoms with Gasteiger partial charge in [-0.15, -0.1) is 0 Å². The SMILES string of the molecule is COC(=O)C1CCCCC1CN1C(=O)c2ccccc2C1=O. The Kier molecular flexibility index (Phi) is 3.96. The van der Waals surface area contributed by atoms with Gasteiger partial charge in [0.15, 0.2) is 0 Å². The number of esters is 1. The molecule has 1 aromatic carbocycles. The lowest BCUT2D eigenvalue weighted by molar-refractivity contribution is -0.148. The Hall–Kier alpha value is -2.17. The van der Waals surface area contributed by atoms with Crippen molar-refractivity contribution in [1.82, 2.24) is 4.90 Å². The molecule has 1 aromatic rings. The number of rotatable bonds is 3. The molecule has 0 aromatic heterocycles. The zero-order valence-corrected chi connectivity index (χ0v) is 12.6. The van der Waals surface area contributed by atoms with Crippen molar-refractivity contribution in [3.63, 3.8) is 0 Å². The number of nitrogens with zero attached hydrogens (tertiary/aromatic N) is 1. The van der Waals surface area contributed by atoms with Crippen LogP contribution in [0.1, 0.15) is 46.4 Å². The summed E-state index contributed by atoms with van der Waals surface area (Å²) in [7, 11) is 1.38. The van der Waals surface area contributed by atoms with Crippen LogP contribution in [0.2, 0.25) is 0 Å². The van der Waals surface area contributed by atoms with Gasteiger partial charge in [-0.3, -0.25) is 19.3 Å². The minimum absolute atomic E-state index is 0.0107. The fraction of sp³-hybridized carbons (Fsp3) is 0.471. The summed E-state index contributed by atoms with van der Waals surface area (Å²) in [6.45, 7) is 0.298. The van der Waals surface area contributed by atoms with Gasteiger partial charge in [0, 0.05) is 6.54 Å². The highest BCUT2D eigenvalue weighted by atomic mass is 16.5. The van der Waals surface area contributed by atoms with Gasteiger partial charge in [0.05, 0.1) is 24.2 Å². The number of benzene rings is 1. The van der Waals surface area contributed by atoms with Gasteiger partial charge in [0.1, 0.15) is 0 Å². The Balaban J connectivity index is 1.80. The van der Waals surface area contributed by atoms with Crippen molar-refractivity contribution in [3.05, 3.63) is 35.4 Å². The van der Waals surface area contributed by atoms with Crippen LogP contribution in [0, 0.1) is 11.8 Å². The summed E-state index contributed by atoms with van der Waals surface area (Å²) in [5.41, 5.74) is 0.913. The first-order valence-corrected chi connectivity index (χ1v) is 7.66. The molecule has 116 valence electrons. The molecule has 1 heterocycles. The Morgan fingerprint density at radius 2 is 1.73 bits per heavy atom. The zero-order chi connectivity index (χ0) is 15.7. The van der Waals surface area contributed by atoms with Crippen molar-refractivity contribution in [1.29, 1.82) is 0 Å². The lowest BCUT2D eigenvalue weighted by Crippen LogP contribution is -2.40. The molecule has 2 unspecified atom stereocenters.